The first kappa shape index (κ1) is 25.0. The Morgan fingerprint density at radius 1 is 1.00 bits per heavy atom. The predicted molar refractivity (Wildman–Crippen MR) is 116 cm³/mol. The molecule has 0 aliphatic carbocycles. The minimum atomic E-state index is -0.732. The molecule has 0 saturated heterocycles. The van der Waals surface area contributed by atoms with Gasteiger partial charge < -0.3 is 14.8 Å². The van der Waals surface area contributed by atoms with Gasteiger partial charge in [-0.05, 0) is 26.3 Å². The molecule has 1 aromatic carbocycles. The van der Waals surface area contributed by atoms with Gasteiger partial charge in [0.25, 0.3) is 0 Å². The molecular formula is C22H33NO5S. The van der Waals surface area contributed by atoms with Gasteiger partial charge in [0.1, 0.15) is 12.2 Å². The van der Waals surface area contributed by atoms with Gasteiger partial charge in [0.2, 0.25) is 0 Å². The van der Waals surface area contributed by atoms with Crippen molar-refractivity contribution in [3.63, 3.8) is 0 Å². The smallest absolute Gasteiger partial charge is 0.408 e. The zero-order valence-corrected chi connectivity index (χ0v) is 19.1. The average molecular weight is 424 g/mol. The summed E-state index contributed by atoms with van der Waals surface area (Å²) in [7, 11) is 0. The Bertz CT molecular complexity index is 677. The van der Waals surface area contributed by atoms with E-state index < -0.39 is 23.7 Å². The van der Waals surface area contributed by atoms with Crippen molar-refractivity contribution in [3.8, 4) is 0 Å². The van der Waals surface area contributed by atoms with Crippen LogP contribution in [0.2, 0.25) is 0 Å². The molecule has 0 saturated carbocycles. The topological polar surface area (TPSA) is 81.7 Å². The zero-order chi connectivity index (χ0) is 22.1. The Hall–Kier alpha value is -2.02. The Balaban J connectivity index is 2.62. The van der Waals surface area contributed by atoms with Crippen LogP contribution in [0.3, 0.4) is 0 Å². The maximum Gasteiger partial charge on any atom is 0.408 e. The van der Waals surface area contributed by atoms with E-state index in [4.69, 9.17) is 9.47 Å². The van der Waals surface area contributed by atoms with Crippen LogP contribution < -0.4 is 5.32 Å². The first-order valence-corrected chi connectivity index (χ1v) is 10.7. The monoisotopic (exact) mass is 423 g/mol. The molecule has 0 unspecified atom stereocenters. The lowest BCUT2D eigenvalue weighted by atomic mass is 10.1. The molecule has 29 heavy (non-hydrogen) atoms. The van der Waals surface area contributed by atoms with E-state index in [1.807, 2.05) is 51.1 Å². The Morgan fingerprint density at radius 2 is 1.62 bits per heavy atom. The second kappa shape index (κ2) is 11.2. The van der Waals surface area contributed by atoms with Crippen LogP contribution in [0.1, 0.15) is 59.9 Å². The molecule has 1 aromatic rings. The number of rotatable bonds is 9. The lowest BCUT2D eigenvalue weighted by Crippen LogP contribution is -2.43. The molecule has 1 N–H and O–H groups in total. The van der Waals surface area contributed by atoms with Gasteiger partial charge >= 0.3 is 12.1 Å². The summed E-state index contributed by atoms with van der Waals surface area (Å²) >= 11 is 1.56. The van der Waals surface area contributed by atoms with Crippen molar-refractivity contribution in [2.75, 3.05) is 5.75 Å². The number of hydrogen-bond acceptors (Lipinski definition) is 6. The fourth-order valence-corrected chi connectivity index (χ4v) is 3.18. The van der Waals surface area contributed by atoms with Crippen molar-refractivity contribution in [1.29, 1.82) is 0 Å². The zero-order valence-electron chi connectivity index (χ0n) is 18.2. The lowest BCUT2D eigenvalue weighted by molar-refractivity contribution is -0.155. The van der Waals surface area contributed by atoms with Crippen LogP contribution in [0.25, 0.3) is 0 Å². The summed E-state index contributed by atoms with van der Waals surface area (Å²) in [5.74, 6) is -0.249. The molecule has 0 bridgehead atoms. The van der Waals surface area contributed by atoms with Crippen molar-refractivity contribution in [2.24, 2.45) is 0 Å². The highest BCUT2D eigenvalue weighted by Gasteiger charge is 2.25. The van der Waals surface area contributed by atoms with Crippen molar-refractivity contribution >= 4 is 29.6 Å². The number of hydrogen-bond donors (Lipinski definition) is 1. The summed E-state index contributed by atoms with van der Waals surface area (Å²) in [6.07, 6.45) is -0.671. The number of thioether (sulfide) groups is 1. The van der Waals surface area contributed by atoms with Crippen molar-refractivity contribution in [2.45, 2.75) is 77.4 Å². The summed E-state index contributed by atoms with van der Waals surface area (Å²) < 4.78 is 10.4. The second-order valence-corrected chi connectivity index (χ2v) is 10.6. The van der Waals surface area contributed by atoms with Gasteiger partial charge in [-0.1, -0.05) is 51.1 Å². The maximum absolute atomic E-state index is 12.6. The number of amides is 1. The van der Waals surface area contributed by atoms with Gasteiger partial charge in [-0.3, -0.25) is 9.59 Å². The van der Waals surface area contributed by atoms with Gasteiger partial charge in [-0.2, -0.15) is 11.8 Å². The first-order chi connectivity index (χ1) is 13.4. The van der Waals surface area contributed by atoms with Gasteiger partial charge in [-0.25, -0.2) is 4.79 Å². The molecule has 0 aromatic heterocycles. The number of ketones is 1. The number of carbonyl (C=O) groups is 3. The third-order valence-corrected chi connectivity index (χ3v) is 4.94. The normalized spacial score (nSPS) is 12.8. The third-order valence-electron chi connectivity index (χ3n) is 3.57. The van der Waals surface area contributed by atoms with Crippen LogP contribution in [-0.4, -0.2) is 40.0 Å². The summed E-state index contributed by atoms with van der Waals surface area (Å²) in [6.45, 7) is 11.6. The van der Waals surface area contributed by atoms with Crippen LogP contribution >= 0.6 is 11.8 Å². The van der Waals surface area contributed by atoms with E-state index in [-0.39, 0.29) is 30.0 Å². The quantitative estimate of drug-likeness (QED) is 0.589. The van der Waals surface area contributed by atoms with Crippen LogP contribution in [0.5, 0.6) is 0 Å². The van der Waals surface area contributed by atoms with Gasteiger partial charge in [0, 0.05) is 16.9 Å². The highest BCUT2D eigenvalue weighted by atomic mass is 32.2. The first-order valence-electron chi connectivity index (χ1n) is 9.71. The van der Waals surface area contributed by atoms with E-state index in [1.54, 1.807) is 32.5 Å². The molecule has 0 aliphatic heterocycles. The highest BCUT2D eigenvalue weighted by molar-refractivity contribution is 8.00. The van der Waals surface area contributed by atoms with E-state index in [9.17, 15) is 14.4 Å². The summed E-state index contributed by atoms with van der Waals surface area (Å²) in [4.78, 5) is 36.7. The summed E-state index contributed by atoms with van der Waals surface area (Å²) in [5, 5.41) is 2.65. The third kappa shape index (κ3) is 12.2. The van der Waals surface area contributed by atoms with E-state index in [0.717, 1.165) is 5.56 Å². The Kier molecular flexibility index (Phi) is 9.70. The fourth-order valence-electron chi connectivity index (χ4n) is 2.25. The van der Waals surface area contributed by atoms with Crippen molar-refractivity contribution in [1.82, 2.24) is 5.32 Å². The standard InChI is InChI=1S/C22H33NO5S/c1-21(2,3)28-19(25)13-12-18(24)17(15-29-22(4,5)6)23-20(26)27-14-16-10-8-7-9-11-16/h7-11,17H,12-15H2,1-6H3,(H,23,26)/t17-/m0/s1. The van der Waals surface area contributed by atoms with Crippen LogP contribution in [0.4, 0.5) is 4.79 Å². The van der Waals surface area contributed by atoms with Crippen molar-refractivity contribution in [3.05, 3.63) is 35.9 Å². The number of esters is 1. The highest BCUT2D eigenvalue weighted by Crippen LogP contribution is 2.24. The molecule has 1 amide bonds. The number of nitrogens with one attached hydrogen (secondary N) is 1. The Morgan fingerprint density at radius 3 is 2.17 bits per heavy atom. The van der Waals surface area contributed by atoms with Crippen LogP contribution in [0.15, 0.2) is 30.3 Å². The second-order valence-electron chi connectivity index (χ2n) is 8.73. The number of carbonyl (C=O) groups excluding carboxylic acids is 3. The molecule has 1 rings (SSSR count). The van der Waals surface area contributed by atoms with E-state index in [2.05, 4.69) is 5.32 Å². The SMILES string of the molecule is CC(C)(C)OC(=O)CCC(=O)[C@H](CSC(C)(C)C)NC(=O)OCc1ccccc1. The molecule has 1 atom stereocenters. The molecule has 7 heteroatoms. The fraction of sp³-hybridized carbons (Fsp3) is 0.591. The van der Waals surface area contributed by atoms with Gasteiger partial charge in [0.05, 0.1) is 12.5 Å². The van der Waals surface area contributed by atoms with E-state index >= 15 is 0 Å². The van der Waals surface area contributed by atoms with E-state index in [1.165, 1.54) is 0 Å². The number of alkyl carbamates (subject to hydrolysis) is 1. The van der Waals surface area contributed by atoms with Crippen LogP contribution in [0, 0.1) is 0 Å². The summed E-state index contributed by atoms with van der Waals surface area (Å²) in [6, 6.07) is 8.58. The van der Waals surface area contributed by atoms with E-state index in [0.29, 0.717) is 5.75 Å². The number of benzene rings is 1. The van der Waals surface area contributed by atoms with Crippen molar-refractivity contribution < 1.29 is 23.9 Å². The summed E-state index contributed by atoms with van der Waals surface area (Å²) in [5.41, 5.74) is 0.265. The molecule has 0 spiro atoms. The molecule has 0 fully saturated rings. The van der Waals surface area contributed by atoms with Gasteiger partial charge in [0.15, 0.2) is 5.78 Å². The molecule has 6 nitrogen and oxygen atoms in total. The minimum absolute atomic E-state index is 0.00322. The average Bonchev–Trinajstić information content (AvgIpc) is 2.60. The lowest BCUT2D eigenvalue weighted by Gasteiger charge is -2.23. The molecular weight excluding hydrogens is 390 g/mol. The van der Waals surface area contributed by atoms with Crippen LogP contribution in [-0.2, 0) is 25.7 Å². The largest absolute Gasteiger partial charge is 0.460 e. The molecule has 0 heterocycles. The number of ether oxygens (including phenoxy) is 2. The maximum atomic E-state index is 12.6. The number of Topliss-reactive ketones (excluding diaryl/α,β-unsaturated/α-hetero) is 1. The minimum Gasteiger partial charge on any atom is -0.460 e. The molecule has 0 aliphatic rings. The molecule has 0 radical (unpaired) electrons. The van der Waals surface area contributed by atoms with Gasteiger partial charge in [-0.15, -0.1) is 0 Å². The Labute approximate surface area is 178 Å². The molecule has 162 valence electrons. The predicted octanol–water partition coefficient (Wildman–Crippen LogP) is 4.50.